The van der Waals surface area contributed by atoms with Crippen LogP contribution in [-0.2, 0) is 20.6 Å². The van der Waals surface area contributed by atoms with Gasteiger partial charge in [-0.2, -0.15) is 14.6 Å². The molecule has 0 bridgehead atoms. The van der Waals surface area contributed by atoms with Gasteiger partial charge in [0.2, 0.25) is 11.8 Å². The number of nitrogens with one attached hydrogen (secondary N) is 1. The fraction of sp³-hybridized carbons (Fsp3) is 0.375. The van der Waals surface area contributed by atoms with Crippen molar-refractivity contribution in [2.45, 2.75) is 51.5 Å². The zero-order valence-corrected chi connectivity index (χ0v) is 28.5. The number of rotatable bonds is 10. The first-order chi connectivity index (χ1) is 19.6. The molecule has 5 rings (SSSR count). The Balaban J connectivity index is 0.00000253. The van der Waals surface area contributed by atoms with Crippen molar-refractivity contribution in [3.63, 3.8) is 0 Å². The van der Waals surface area contributed by atoms with Crippen LogP contribution in [0.15, 0.2) is 41.4 Å². The van der Waals surface area contributed by atoms with Crippen molar-refractivity contribution >= 4 is 19.4 Å². The maximum absolute atomic E-state index is 14.7. The molecule has 218 valence electrons. The van der Waals surface area contributed by atoms with Gasteiger partial charge < -0.3 is 33.3 Å². The smallest absolute Gasteiger partial charge is 0.790 e. The van der Waals surface area contributed by atoms with Crippen LogP contribution < -0.4 is 74.2 Å². The zero-order chi connectivity index (χ0) is 29.1. The number of nitrogens with zero attached hydrogens (tertiary/aromatic N) is 6. The van der Waals surface area contributed by atoms with Crippen molar-refractivity contribution in [3.05, 3.63) is 54.4 Å². The standard InChI is InChI=1S/C24H26F2N7O7P.2Na/c1-2-38-16-5-3-15(4-6-16)33-11-18(22(31-33)21-17(25)7-8-20(26)30-21)28-23(34)19-12-39-24(29-19)14-9-27-32(10-14)13-40-41(35,36)37;;/h7-12,15-16H,2-6,13H2,1H3,(H,28,34)(H2,35,36,37);;/q;2*+1/p-2. The van der Waals surface area contributed by atoms with Gasteiger partial charge in [-0.25, -0.2) is 19.0 Å². The molecule has 43 heavy (non-hydrogen) atoms. The monoisotopic (exact) mass is 637 g/mol. The summed E-state index contributed by atoms with van der Waals surface area (Å²) >= 11 is 0. The number of hydrogen-bond acceptors (Lipinski definition) is 11. The molecule has 0 atom stereocenters. The molecule has 0 aliphatic heterocycles. The Morgan fingerprint density at radius 3 is 2.58 bits per heavy atom. The third kappa shape index (κ3) is 9.11. The average Bonchev–Trinajstić information content (AvgIpc) is 3.69. The van der Waals surface area contributed by atoms with Gasteiger partial charge in [-0.1, -0.05) is 0 Å². The Kier molecular flexibility index (Phi) is 12.8. The number of amides is 1. The first kappa shape index (κ1) is 35.7. The van der Waals surface area contributed by atoms with E-state index < -0.39 is 32.2 Å². The Bertz CT molecular complexity index is 1590. The second kappa shape index (κ2) is 15.5. The van der Waals surface area contributed by atoms with Crippen LogP contribution in [0.4, 0.5) is 14.5 Å². The Morgan fingerprint density at radius 2 is 1.88 bits per heavy atom. The summed E-state index contributed by atoms with van der Waals surface area (Å²) in [4.78, 5) is 42.2. The van der Waals surface area contributed by atoms with Crippen LogP contribution in [0.2, 0.25) is 0 Å². The van der Waals surface area contributed by atoms with Crippen LogP contribution in [0.5, 0.6) is 0 Å². The van der Waals surface area contributed by atoms with Gasteiger partial charge in [0, 0.05) is 19.0 Å². The van der Waals surface area contributed by atoms with E-state index in [1.54, 1.807) is 10.9 Å². The van der Waals surface area contributed by atoms with Crippen molar-refractivity contribution in [3.8, 4) is 22.8 Å². The molecular formula is C24H24F2N7Na2O7P. The van der Waals surface area contributed by atoms with Crippen molar-refractivity contribution < 1.29 is 101 Å². The molecule has 1 fully saturated rings. The largest absolute Gasteiger partial charge is 1.00 e. The summed E-state index contributed by atoms with van der Waals surface area (Å²) in [5.41, 5.74) is -0.217. The van der Waals surface area contributed by atoms with Gasteiger partial charge in [0.15, 0.2) is 11.5 Å². The molecule has 4 heterocycles. The molecule has 14 nitrogen and oxygen atoms in total. The van der Waals surface area contributed by atoms with Crippen LogP contribution in [0.3, 0.4) is 0 Å². The van der Waals surface area contributed by atoms with E-state index in [-0.39, 0.29) is 105 Å². The zero-order valence-electron chi connectivity index (χ0n) is 23.6. The molecule has 19 heteroatoms. The second-order valence-corrected chi connectivity index (χ2v) is 10.3. The number of ether oxygens (including phenoxy) is 1. The fourth-order valence-electron chi connectivity index (χ4n) is 4.51. The van der Waals surface area contributed by atoms with Crippen molar-refractivity contribution in [2.24, 2.45) is 0 Å². The van der Waals surface area contributed by atoms with E-state index in [0.29, 0.717) is 6.61 Å². The van der Waals surface area contributed by atoms with Crippen molar-refractivity contribution in [2.75, 3.05) is 11.9 Å². The molecule has 0 spiro atoms. The summed E-state index contributed by atoms with van der Waals surface area (Å²) < 4.78 is 57.2. The number of phosphoric ester groups is 1. The van der Waals surface area contributed by atoms with Gasteiger partial charge in [-0.15, -0.1) is 0 Å². The predicted molar refractivity (Wildman–Crippen MR) is 133 cm³/mol. The minimum absolute atomic E-state index is 0. The molecule has 0 unspecified atom stereocenters. The van der Waals surface area contributed by atoms with E-state index in [1.807, 2.05) is 6.92 Å². The average molecular weight is 637 g/mol. The molecule has 1 amide bonds. The van der Waals surface area contributed by atoms with E-state index in [4.69, 9.17) is 9.15 Å². The minimum atomic E-state index is -5.20. The van der Waals surface area contributed by atoms with Crippen molar-refractivity contribution in [1.29, 1.82) is 0 Å². The van der Waals surface area contributed by atoms with Gasteiger partial charge in [0.25, 0.3) is 5.91 Å². The Morgan fingerprint density at radius 1 is 1.14 bits per heavy atom. The van der Waals surface area contributed by atoms with Crippen LogP contribution in [-0.4, -0.2) is 48.1 Å². The number of hydrogen-bond donors (Lipinski definition) is 1. The number of halogens is 2. The first-order valence-corrected chi connectivity index (χ1v) is 14.0. The topological polar surface area (TPSA) is 185 Å². The first-order valence-electron chi connectivity index (χ1n) is 12.6. The van der Waals surface area contributed by atoms with Crippen LogP contribution in [0.1, 0.15) is 49.1 Å². The van der Waals surface area contributed by atoms with Crippen LogP contribution in [0.25, 0.3) is 22.8 Å². The van der Waals surface area contributed by atoms with E-state index in [9.17, 15) is 27.9 Å². The van der Waals surface area contributed by atoms with Crippen LogP contribution >= 0.6 is 7.82 Å². The third-order valence-corrected chi connectivity index (χ3v) is 6.83. The summed E-state index contributed by atoms with van der Waals surface area (Å²) in [6.07, 6.45) is 8.41. The number of carbonyl (C=O) groups is 1. The van der Waals surface area contributed by atoms with Gasteiger partial charge in [-0.05, 0) is 44.7 Å². The molecule has 1 saturated carbocycles. The van der Waals surface area contributed by atoms with Gasteiger partial charge >= 0.3 is 59.1 Å². The number of aromatic nitrogens is 6. The summed E-state index contributed by atoms with van der Waals surface area (Å²) in [6, 6.07) is 1.76. The number of oxazole rings is 1. The summed E-state index contributed by atoms with van der Waals surface area (Å²) in [6.45, 7) is 1.91. The molecular weight excluding hydrogens is 613 g/mol. The second-order valence-electron chi connectivity index (χ2n) is 9.19. The SMILES string of the molecule is CCOC1CCC(n2cc(NC(=O)c3coc(-c4cnn(COP(=O)([O-])[O-])c4)n3)c(-c3nc(F)ccc3F)n2)CC1.[Na+].[Na+]. The number of pyridine rings is 1. The van der Waals surface area contributed by atoms with E-state index in [1.165, 1.54) is 12.4 Å². The number of carbonyl (C=O) groups excluding carboxylic acids is 1. The number of anilines is 1. The van der Waals surface area contributed by atoms with Gasteiger partial charge in [0.1, 0.15) is 24.4 Å². The molecule has 4 aromatic rings. The Labute approximate surface area is 288 Å². The maximum atomic E-state index is 14.7. The summed E-state index contributed by atoms with van der Waals surface area (Å²) in [7, 11) is -5.20. The summed E-state index contributed by atoms with van der Waals surface area (Å²) in [5, 5.41) is 10.9. The van der Waals surface area contributed by atoms with Crippen LogP contribution in [0, 0.1) is 11.8 Å². The Hall–Kier alpha value is -1.82. The minimum Gasteiger partial charge on any atom is -0.790 e. The van der Waals surface area contributed by atoms with E-state index in [0.717, 1.165) is 48.8 Å². The quantitative estimate of drug-likeness (QED) is 0.104. The van der Waals surface area contributed by atoms with E-state index >= 15 is 0 Å². The number of phosphoric acid groups is 1. The van der Waals surface area contributed by atoms with Gasteiger partial charge in [-0.3, -0.25) is 9.48 Å². The molecule has 4 aromatic heterocycles. The predicted octanol–water partition coefficient (Wildman–Crippen LogP) is -3.34. The third-order valence-electron chi connectivity index (χ3n) is 6.40. The molecule has 1 aliphatic carbocycles. The molecule has 1 N–H and O–H groups in total. The fourth-order valence-corrected chi connectivity index (χ4v) is 4.77. The molecule has 0 radical (unpaired) electrons. The van der Waals surface area contributed by atoms with Gasteiger partial charge in [0.05, 0.1) is 37.4 Å². The maximum Gasteiger partial charge on any atom is 1.00 e. The normalized spacial score (nSPS) is 16.8. The molecule has 0 aromatic carbocycles. The van der Waals surface area contributed by atoms with E-state index in [2.05, 4.69) is 30.0 Å². The molecule has 1 aliphatic rings. The molecule has 0 saturated heterocycles. The van der Waals surface area contributed by atoms with Crippen molar-refractivity contribution in [1.82, 2.24) is 29.5 Å². The summed E-state index contributed by atoms with van der Waals surface area (Å²) in [5.74, 6) is -2.49.